The average molecular weight is 416 g/mol. The number of aryl methyl sites for hydroxylation is 2. The lowest BCUT2D eigenvalue weighted by Crippen LogP contribution is -2.16. The Labute approximate surface area is 170 Å². The summed E-state index contributed by atoms with van der Waals surface area (Å²) in [7, 11) is -1.99. The molecule has 0 aliphatic heterocycles. The Morgan fingerprint density at radius 1 is 1.17 bits per heavy atom. The molecule has 2 aromatic carbocycles. The van der Waals surface area contributed by atoms with Crippen molar-refractivity contribution < 1.29 is 22.4 Å². The van der Waals surface area contributed by atoms with E-state index in [1.54, 1.807) is 31.4 Å². The maximum atomic E-state index is 12.5. The van der Waals surface area contributed by atoms with Crippen molar-refractivity contribution in [2.45, 2.75) is 27.2 Å². The number of hydrogen-bond acceptors (Lipinski definition) is 5. The molecule has 0 unspecified atom stereocenters. The minimum atomic E-state index is -3.43. The molecule has 0 radical (unpaired) electrons. The van der Waals surface area contributed by atoms with Crippen molar-refractivity contribution in [3.05, 3.63) is 53.3 Å². The third kappa shape index (κ3) is 4.54. The maximum Gasteiger partial charge on any atom is 0.232 e. The fourth-order valence-electron chi connectivity index (χ4n) is 3.00. The van der Waals surface area contributed by atoms with E-state index in [1.807, 2.05) is 26.0 Å². The van der Waals surface area contributed by atoms with Crippen molar-refractivity contribution in [1.82, 2.24) is 0 Å². The molecule has 0 fully saturated rings. The van der Waals surface area contributed by atoms with Gasteiger partial charge in [-0.3, -0.25) is 9.52 Å². The van der Waals surface area contributed by atoms with Gasteiger partial charge in [0.1, 0.15) is 11.3 Å². The molecule has 0 saturated carbocycles. The molecule has 1 heterocycles. The molecule has 154 valence electrons. The number of ether oxygens (including phenoxy) is 1. The molecule has 3 aromatic rings. The number of amides is 1. The molecule has 1 aromatic heterocycles. The predicted molar refractivity (Wildman–Crippen MR) is 114 cm³/mol. The fourth-order valence-corrected chi connectivity index (χ4v) is 3.64. The minimum absolute atomic E-state index is 0.0493. The van der Waals surface area contributed by atoms with Crippen molar-refractivity contribution in [1.29, 1.82) is 0 Å². The Bertz CT molecular complexity index is 1170. The highest BCUT2D eigenvalue weighted by atomic mass is 32.2. The van der Waals surface area contributed by atoms with E-state index in [4.69, 9.17) is 9.15 Å². The number of nitrogens with one attached hydrogen (secondary N) is 2. The zero-order valence-corrected chi connectivity index (χ0v) is 17.6. The molecular weight excluding hydrogens is 392 g/mol. The van der Waals surface area contributed by atoms with Crippen LogP contribution in [-0.4, -0.2) is 27.2 Å². The molecule has 3 rings (SSSR count). The molecule has 29 heavy (non-hydrogen) atoms. The van der Waals surface area contributed by atoms with Gasteiger partial charge in [-0.25, -0.2) is 8.42 Å². The first-order chi connectivity index (χ1) is 13.7. The number of hydrogen-bond donors (Lipinski definition) is 2. The van der Waals surface area contributed by atoms with Gasteiger partial charge >= 0.3 is 0 Å². The number of methoxy groups -OCH3 is 1. The Morgan fingerprint density at radius 3 is 2.62 bits per heavy atom. The lowest BCUT2D eigenvalue weighted by atomic mass is 10.0. The van der Waals surface area contributed by atoms with Crippen LogP contribution in [0.2, 0.25) is 0 Å². The Balaban J connectivity index is 1.76. The summed E-state index contributed by atoms with van der Waals surface area (Å²) >= 11 is 0. The quantitative estimate of drug-likeness (QED) is 0.607. The molecule has 8 heteroatoms. The molecule has 0 aliphatic rings. The standard InChI is InChI=1S/C21H24N2O5S/c1-5-29(25,26)23-18-9-7-16(11-19(18)27-4)22-20(24)10-15-12-28-21-14(3)13(2)6-8-17(15)21/h6-9,11-12,23H,5,10H2,1-4H3,(H,22,24). The van der Waals surface area contributed by atoms with Crippen LogP contribution in [0.5, 0.6) is 5.75 Å². The number of sulfonamides is 1. The van der Waals surface area contributed by atoms with Gasteiger partial charge in [0.2, 0.25) is 15.9 Å². The minimum Gasteiger partial charge on any atom is -0.494 e. The second-order valence-corrected chi connectivity index (χ2v) is 8.80. The van der Waals surface area contributed by atoms with Gasteiger partial charge in [0, 0.05) is 22.7 Å². The SMILES string of the molecule is CCS(=O)(=O)Nc1ccc(NC(=O)Cc2coc3c(C)c(C)ccc23)cc1OC. The molecule has 0 aliphatic carbocycles. The molecule has 1 amide bonds. The van der Waals surface area contributed by atoms with Crippen molar-refractivity contribution in [3.8, 4) is 5.75 Å². The fraction of sp³-hybridized carbons (Fsp3) is 0.286. The molecule has 2 N–H and O–H groups in total. The van der Waals surface area contributed by atoms with Crippen molar-refractivity contribution in [2.24, 2.45) is 0 Å². The van der Waals surface area contributed by atoms with Gasteiger partial charge in [-0.05, 0) is 44.0 Å². The normalized spacial score (nSPS) is 11.4. The summed E-state index contributed by atoms with van der Waals surface area (Å²) in [6.07, 6.45) is 1.77. The van der Waals surface area contributed by atoms with Crippen LogP contribution in [0.4, 0.5) is 11.4 Å². The summed E-state index contributed by atoms with van der Waals surface area (Å²) in [4.78, 5) is 12.5. The van der Waals surface area contributed by atoms with E-state index in [0.717, 1.165) is 27.7 Å². The van der Waals surface area contributed by atoms with E-state index in [9.17, 15) is 13.2 Å². The molecule has 0 saturated heterocycles. The van der Waals surface area contributed by atoms with E-state index >= 15 is 0 Å². The summed E-state index contributed by atoms with van der Waals surface area (Å²) in [6, 6.07) is 8.72. The van der Waals surface area contributed by atoms with Gasteiger partial charge in [0.25, 0.3) is 0 Å². The molecular formula is C21H24N2O5S. The van der Waals surface area contributed by atoms with Crippen LogP contribution in [0.3, 0.4) is 0 Å². The van der Waals surface area contributed by atoms with Gasteiger partial charge in [0.05, 0.1) is 31.2 Å². The first kappa shape index (κ1) is 20.7. The van der Waals surface area contributed by atoms with Crippen LogP contribution in [0.1, 0.15) is 23.6 Å². The third-order valence-electron chi connectivity index (χ3n) is 4.82. The lowest BCUT2D eigenvalue weighted by molar-refractivity contribution is -0.115. The van der Waals surface area contributed by atoms with Gasteiger partial charge in [-0.15, -0.1) is 0 Å². The Hall–Kier alpha value is -3.00. The molecule has 0 spiro atoms. The largest absolute Gasteiger partial charge is 0.494 e. The monoisotopic (exact) mass is 416 g/mol. The number of carbonyl (C=O) groups is 1. The summed E-state index contributed by atoms with van der Waals surface area (Å²) < 4.78 is 36.9. The van der Waals surface area contributed by atoms with Gasteiger partial charge in [0.15, 0.2) is 0 Å². The van der Waals surface area contributed by atoms with E-state index in [2.05, 4.69) is 10.0 Å². The Morgan fingerprint density at radius 2 is 1.93 bits per heavy atom. The van der Waals surface area contributed by atoms with E-state index in [0.29, 0.717) is 17.1 Å². The second-order valence-electron chi connectivity index (χ2n) is 6.79. The molecule has 0 bridgehead atoms. The van der Waals surface area contributed by atoms with Crippen molar-refractivity contribution in [3.63, 3.8) is 0 Å². The number of carbonyl (C=O) groups excluding carboxylic acids is 1. The third-order valence-corrected chi connectivity index (χ3v) is 6.11. The first-order valence-electron chi connectivity index (χ1n) is 9.18. The number of anilines is 2. The van der Waals surface area contributed by atoms with Crippen molar-refractivity contribution >= 4 is 38.3 Å². The zero-order valence-electron chi connectivity index (χ0n) is 16.8. The average Bonchev–Trinajstić information content (AvgIpc) is 3.09. The summed E-state index contributed by atoms with van der Waals surface area (Å²) in [5, 5.41) is 3.73. The lowest BCUT2D eigenvalue weighted by Gasteiger charge is -2.13. The first-order valence-corrected chi connectivity index (χ1v) is 10.8. The van der Waals surface area contributed by atoms with Gasteiger partial charge in [-0.2, -0.15) is 0 Å². The predicted octanol–water partition coefficient (Wildman–Crippen LogP) is 4.00. The van der Waals surface area contributed by atoms with Gasteiger partial charge in [-0.1, -0.05) is 12.1 Å². The van der Waals surface area contributed by atoms with Crippen LogP contribution in [0.25, 0.3) is 11.0 Å². The van der Waals surface area contributed by atoms with E-state index in [-0.39, 0.29) is 18.1 Å². The van der Waals surface area contributed by atoms with Crippen LogP contribution in [0, 0.1) is 13.8 Å². The van der Waals surface area contributed by atoms with Crippen LogP contribution in [-0.2, 0) is 21.2 Å². The highest BCUT2D eigenvalue weighted by Gasteiger charge is 2.15. The Kier molecular flexibility index (Phi) is 5.83. The summed E-state index contributed by atoms with van der Waals surface area (Å²) in [5.74, 6) is 0.0568. The van der Waals surface area contributed by atoms with Crippen molar-refractivity contribution in [2.75, 3.05) is 22.9 Å². The zero-order chi connectivity index (χ0) is 21.2. The highest BCUT2D eigenvalue weighted by molar-refractivity contribution is 7.92. The smallest absolute Gasteiger partial charge is 0.232 e. The second kappa shape index (κ2) is 8.16. The number of benzene rings is 2. The molecule has 0 atom stereocenters. The van der Waals surface area contributed by atoms with E-state index in [1.165, 1.54) is 7.11 Å². The summed E-state index contributed by atoms with van der Waals surface area (Å²) in [6.45, 7) is 5.55. The maximum absolute atomic E-state index is 12.5. The van der Waals surface area contributed by atoms with Gasteiger partial charge < -0.3 is 14.5 Å². The van der Waals surface area contributed by atoms with E-state index < -0.39 is 10.0 Å². The summed E-state index contributed by atoms with van der Waals surface area (Å²) in [5.41, 5.74) is 4.62. The van der Waals surface area contributed by atoms with Crippen LogP contribution >= 0.6 is 0 Å². The van der Waals surface area contributed by atoms with Crippen LogP contribution < -0.4 is 14.8 Å². The number of rotatable bonds is 7. The van der Waals surface area contributed by atoms with Crippen LogP contribution in [0.15, 0.2) is 41.0 Å². The highest BCUT2D eigenvalue weighted by Crippen LogP contribution is 2.30. The number of fused-ring (bicyclic) bond motifs is 1. The molecule has 7 nitrogen and oxygen atoms in total. The topological polar surface area (TPSA) is 97.6 Å². The number of furan rings is 1.